The van der Waals surface area contributed by atoms with Gasteiger partial charge in [-0.05, 0) is 61.9 Å². The second kappa shape index (κ2) is 12.6. The van der Waals surface area contributed by atoms with Crippen molar-refractivity contribution < 1.29 is 29.3 Å². The molecule has 0 aliphatic carbocycles. The molecule has 0 unspecified atom stereocenters. The van der Waals surface area contributed by atoms with E-state index in [1.807, 2.05) is 51.1 Å². The summed E-state index contributed by atoms with van der Waals surface area (Å²) in [7, 11) is 0. The fourth-order valence-electron chi connectivity index (χ4n) is 4.38. The van der Waals surface area contributed by atoms with Crippen LogP contribution in [0.25, 0.3) is 5.69 Å². The van der Waals surface area contributed by atoms with Gasteiger partial charge in [0, 0.05) is 23.6 Å². The molecule has 1 aromatic heterocycles. The van der Waals surface area contributed by atoms with Gasteiger partial charge in [-0.25, -0.2) is 9.07 Å². The first-order valence-corrected chi connectivity index (χ1v) is 12.4. The number of hydrogen-bond donors (Lipinski definition) is 3. The number of aliphatic hydroxyl groups excluding tert-OH is 2. The molecule has 0 fully saturated rings. The van der Waals surface area contributed by atoms with Gasteiger partial charge in [0.25, 0.3) is 5.91 Å². The highest BCUT2D eigenvalue weighted by atomic mass is 19.1. The van der Waals surface area contributed by atoms with E-state index in [4.69, 9.17) is 0 Å². The molecule has 9 heteroatoms. The SMILES string of the molecule is CC(C)c1c(C(=O)N[C@H](C)c2ccccc2)nn(-c2ccc(F)cc2)c1CC[C@@H](O)C[C@@H](O)CC(=O)[O-]. The first-order valence-electron chi connectivity index (χ1n) is 12.4. The van der Waals surface area contributed by atoms with E-state index in [1.165, 1.54) is 12.1 Å². The van der Waals surface area contributed by atoms with Crippen molar-refractivity contribution in [2.75, 3.05) is 0 Å². The molecule has 3 aromatic rings. The van der Waals surface area contributed by atoms with E-state index in [0.29, 0.717) is 23.4 Å². The Morgan fingerprint density at radius 1 is 1.03 bits per heavy atom. The van der Waals surface area contributed by atoms with Crippen LogP contribution >= 0.6 is 0 Å². The molecule has 8 nitrogen and oxygen atoms in total. The molecule has 2 aromatic carbocycles. The van der Waals surface area contributed by atoms with Crippen LogP contribution in [0.2, 0.25) is 0 Å². The molecule has 0 radical (unpaired) electrons. The number of aliphatic carboxylic acids is 1. The molecule has 37 heavy (non-hydrogen) atoms. The molecule has 198 valence electrons. The molecule has 0 spiro atoms. The molecular formula is C28H33FN3O5-. The quantitative estimate of drug-likeness (QED) is 0.344. The number of carbonyl (C=O) groups is 2. The number of aliphatic hydroxyl groups is 2. The van der Waals surface area contributed by atoms with Gasteiger partial charge in [0.2, 0.25) is 0 Å². The number of nitrogens with one attached hydrogen (secondary N) is 1. The maximum atomic E-state index is 13.6. The van der Waals surface area contributed by atoms with Crippen molar-refractivity contribution in [2.45, 2.75) is 70.6 Å². The Balaban J connectivity index is 1.94. The van der Waals surface area contributed by atoms with Gasteiger partial charge in [-0.3, -0.25) is 4.79 Å². The highest BCUT2D eigenvalue weighted by Gasteiger charge is 2.27. The summed E-state index contributed by atoms with van der Waals surface area (Å²) in [6.45, 7) is 5.76. The topological polar surface area (TPSA) is 128 Å². The number of nitrogens with zero attached hydrogens (tertiary/aromatic N) is 2. The smallest absolute Gasteiger partial charge is 0.272 e. The minimum absolute atomic E-state index is 0.0993. The van der Waals surface area contributed by atoms with Crippen molar-refractivity contribution >= 4 is 11.9 Å². The highest BCUT2D eigenvalue weighted by Crippen LogP contribution is 2.29. The van der Waals surface area contributed by atoms with Crippen molar-refractivity contribution in [1.29, 1.82) is 0 Å². The minimum Gasteiger partial charge on any atom is -0.550 e. The van der Waals surface area contributed by atoms with Gasteiger partial charge in [0.05, 0.1) is 23.9 Å². The number of carboxylic acid groups (broad SMARTS) is 1. The average Bonchev–Trinajstić information content (AvgIpc) is 3.23. The zero-order valence-electron chi connectivity index (χ0n) is 21.2. The third-order valence-corrected chi connectivity index (χ3v) is 6.19. The number of aromatic nitrogens is 2. The monoisotopic (exact) mass is 510 g/mol. The van der Waals surface area contributed by atoms with Gasteiger partial charge in [-0.15, -0.1) is 0 Å². The Morgan fingerprint density at radius 3 is 2.27 bits per heavy atom. The molecule has 0 aliphatic rings. The van der Waals surface area contributed by atoms with Crippen LogP contribution in [0.1, 0.15) is 79.3 Å². The maximum Gasteiger partial charge on any atom is 0.272 e. The minimum atomic E-state index is -1.39. The van der Waals surface area contributed by atoms with E-state index < -0.39 is 30.4 Å². The Bertz CT molecular complexity index is 1190. The van der Waals surface area contributed by atoms with E-state index in [-0.39, 0.29) is 36.4 Å². The van der Waals surface area contributed by atoms with Crippen LogP contribution in [0.5, 0.6) is 0 Å². The second-order valence-electron chi connectivity index (χ2n) is 9.52. The predicted octanol–water partition coefficient (Wildman–Crippen LogP) is 2.81. The maximum absolute atomic E-state index is 13.6. The molecule has 1 heterocycles. The third kappa shape index (κ3) is 7.47. The van der Waals surface area contributed by atoms with Crippen LogP contribution in [-0.4, -0.2) is 44.1 Å². The highest BCUT2D eigenvalue weighted by molar-refractivity contribution is 5.94. The fourth-order valence-corrected chi connectivity index (χ4v) is 4.38. The number of hydrogen-bond acceptors (Lipinski definition) is 6. The summed E-state index contributed by atoms with van der Waals surface area (Å²) in [5, 5.41) is 38.6. The lowest BCUT2D eigenvalue weighted by Gasteiger charge is -2.18. The van der Waals surface area contributed by atoms with Crippen molar-refractivity contribution in [2.24, 2.45) is 0 Å². The second-order valence-corrected chi connectivity index (χ2v) is 9.52. The molecule has 0 aliphatic heterocycles. The summed E-state index contributed by atoms with van der Waals surface area (Å²) in [5.74, 6) is -2.25. The number of carbonyl (C=O) groups excluding carboxylic acids is 2. The van der Waals surface area contributed by atoms with Crippen LogP contribution < -0.4 is 10.4 Å². The zero-order chi connectivity index (χ0) is 27.1. The Morgan fingerprint density at radius 2 is 1.68 bits per heavy atom. The molecule has 3 rings (SSSR count). The van der Waals surface area contributed by atoms with Crippen molar-refractivity contribution in [3.05, 3.63) is 82.9 Å². The van der Waals surface area contributed by atoms with Crippen LogP contribution in [0.3, 0.4) is 0 Å². The number of carboxylic acids is 1. The standard InChI is InChI=1S/C28H34FN3O5/c1-17(2)26-24(14-13-22(33)15-23(34)16-25(35)36)32(21-11-9-20(29)10-12-21)31-27(26)28(37)30-18(3)19-7-5-4-6-8-19/h4-12,17-18,22-23,33-34H,13-16H2,1-3H3,(H,30,37)(H,35,36)/p-1/t18-,22-,23-/m1/s1. The molecule has 3 N–H and O–H groups in total. The lowest BCUT2D eigenvalue weighted by molar-refractivity contribution is -0.307. The molecule has 0 saturated heterocycles. The molecule has 0 saturated carbocycles. The van der Waals surface area contributed by atoms with Gasteiger partial charge in [0.15, 0.2) is 5.69 Å². The Hall–Kier alpha value is -3.56. The Labute approximate surface area is 215 Å². The molecule has 0 bridgehead atoms. The summed E-state index contributed by atoms with van der Waals surface area (Å²) in [6, 6.07) is 15.0. The first kappa shape index (κ1) is 28.0. The van der Waals surface area contributed by atoms with Gasteiger partial charge in [0.1, 0.15) is 5.82 Å². The summed E-state index contributed by atoms with van der Waals surface area (Å²) < 4.78 is 15.2. The first-order chi connectivity index (χ1) is 17.6. The lowest BCUT2D eigenvalue weighted by atomic mass is 9.95. The average molecular weight is 511 g/mol. The lowest BCUT2D eigenvalue weighted by Crippen LogP contribution is -2.29. The predicted molar refractivity (Wildman–Crippen MR) is 135 cm³/mol. The van der Waals surface area contributed by atoms with Gasteiger partial charge >= 0.3 is 0 Å². The largest absolute Gasteiger partial charge is 0.550 e. The van der Waals surface area contributed by atoms with Crippen molar-refractivity contribution in [3.63, 3.8) is 0 Å². The number of amides is 1. The van der Waals surface area contributed by atoms with Gasteiger partial charge in [-0.1, -0.05) is 44.2 Å². The summed E-state index contributed by atoms with van der Waals surface area (Å²) in [6.07, 6.45) is -2.42. The number of rotatable bonds is 12. The van der Waals surface area contributed by atoms with Gasteiger partial charge < -0.3 is 25.4 Å². The molecule has 3 atom stereocenters. The number of benzene rings is 2. The van der Waals surface area contributed by atoms with E-state index in [9.17, 15) is 29.3 Å². The van der Waals surface area contributed by atoms with Gasteiger partial charge in [-0.2, -0.15) is 5.10 Å². The van der Waals surface area contributed by atoms with Crippen LogP contribution in [-0.2, 0) is 11.2 Å². The Kier molecular flexibility index (Phi) is 9.54. The van der Waals surface area contributed by atoms with Crippen LogP contribution in [0, 0.1) is 5.82 Å². The zero-order valence-corrected chi connectivity index (χ0v) is 21.2. The molecule has 1 amide bonds. The van der Waals surface area contributed by atoms with Crippen molar-refractivity contribution in [3.8, 4) is 5.69 Å². The van der Waals surface area contributed by atoms with E-state index >= 15 is 0 Å². The van der Waals surface area contributed by atoms with E-state index in [2.05, 4.69) is 10.4 Å². The van der Waals surface area contributed by atoms with E-state index in [1.54, 1.807) is 16.8 Å². The van der Waals surface area contributed by atoms with Crippen molar-refractivity contribution in [1.82, 2.24) is 15.1 Å². The van der Waals surface area contributed by atoms with Crippen LogP contribution in [0.15, 0.2) is 54.6 Å². The summed E-state index contributed by atoms with van der Waals surface area (Å²) >= 11 is 0. The number of halogens is 1. The summed E-state index contributed by atoms with van der Waals surface area (Å²) in [4.78, 5) is 24.1. The van der Waals surface area contributed by atoms with Crippen LogP contribution in [0.4, 0.5) is 4.39 Å². The molecular weight excluding hydrogens is 477 g/mol. The normalized spacial score (nSPS) is 13.8. The summed E-state index contributed by atoms with van der Waals surface area (Å²) in [5.41, 5.74) is 3.11. The van der Waals surface area contributed by atoms with E-state index in [0.717, 1.165) is 5.56 Å². The third-order valence-electron chi connectivity index (χ3n) is 6.19. The fraction of sp³-hybridized carbons (Fsp3) is 0.393.